The lowest BCUT2D eigenvalue weighted by Crippen LogP contribution is -2.54. The van der Waals surface area contributed by atoms with Crippen LogP contribution in [0.3, 0.4) is 0 Å². The Morgan fingerprint density at radius 2 is 1.70 bits per heavy atom. The summed E-state index contributed by atoms with van der Waals surface area (Å²) in [7, 11) is 3.32. The second-order valence-electron chi connectivity index (χ2n) is 8.05. The fraction of sp³-hybridized carbons (Fsp3) is 0.458. The first-order valence-electron chi connectivity index (χ1n) is 10.7. The van der Waals surface area contributed by atoms with Gasteiger partial charge in [0.1, 0.15) is 0 Å². The first-order chi connectivity index (χ1) is 14.6. The third-order valence-electron chi connectivity index (χ3n) is 6.32. The van der Waals surface area contributed by atoms with Gasteiger partial charge < -0.3 is 14.4 Å². The molecule has 1 saturated heterocycles. The molecular weight excluding hydrogens is 378 g/mol. The number of hydrogen-bond acceptors (Lipinski definition) is 5. The number of nitrogens with zero attached hydrogens (tertiary/aromatic N) is 3. The van der Waals surface area contributed by atoms with Crippen LogP contribution in [-0.2, 0) is 17.8 Å². The summed E-state index contributed by atoms with van der Waals surface area (Å²) in [6.45, 7) is 7.40. The molecule has 0 saturated carbocycles. The molecule has 1 atom stereocenters. The Morgan fingerprint density at radius 1 is 0.967 bits per heavy atom. The monoisotopic (exact) mass is 409 g/mol. The van der Waals surface area contributed by atoms with Crippen LogP contribution in [0.1, 0.15) is 18.1 Å². The predicted molar refractivity (Wildman–Crippen MR) is 118 cm³/mol. The fourth-order valence-corrected chi connectivity index (χ4v) is 4.49. The average Bonchev–Trinajstić information content (AvgIpc) is 3.22. The van der Waals surface area contributed by atoms with E-state index in [9.17, 15) is 4.79 Å². The second kappa shape index (κ2) is 9.06. The van der Waals surface area contributed by atoms with Gasteiger partial charge in [-0.05, 0) is 42.7 Å². The van der Waals surface area contributed by atoms with Crippen molar-refractivity contribution in [2.45, 2.75) is 25.9 Å². The molecule has 160 valence electrons. The van der Waals surface area contributed by atoms with Crippen LogP contribution in [0.5, 0.6) is 11.5 Å². The van der Waals surface area contributed by atoms with E-state index in [2.05, 4.69) is 28.0 Å². The SMILES string of the molecule is COc1ccc(CN2CCN([C@H](C)C(=O)N3CCc4ccccc43)CC2)cc1OC. The zero-order valence-corrected chi connectivity index (χ0v) is 18.1. The largest absolute Gasteiger partial charge is 0.493 e. The van der Waals surface area contributed by atoms with Crippen molar-refractivity contribution < 1.29 is 14.3 Å². The highest BCUT2D eigenvalue weighted by Crippen LogP contribution is 2.29. The molecule has 0 aliphatic carbocycles. The van der Waals surface area contributed by atoms with E-state index in [-0.39, 0.29) is 11.9 Å². The van der Waals surface area contributed by atoms with Crippen LogP contribution in [0.15, 0.2) is 42.5 Å². The molecule has 0 bridgehead atoms. The van der Waals surface area contributed by atoms with Gasteiger partial charge in [-0.25, -0.2) is 0 Å². The van der Waals surface area contributed by atoms with Crippen molar-refractivity contribution >= 4 is 11.6 Å². The van der Waals surface area contributed by atoms with Gasteiger partial charge in [-0.15, -0.1) is 0 Å². The first kappa shape index (κ1) is 20.7. The number of ether oxygens (including phenoxy) is 2. The molecule has 1 amide bonds. The van der Waals surface area contributed by atoms with Crippen molar-refractivity contribution in [3.63, 3.8) is 0 Å². The van der Waals surface area contributed by atoms with E-state index < -0.39 is 0 Å². The molecule has 0 unspecified atom stereocenters. The lowest BCUT2D eigenvalue weighted by Gasteiger charge is -2.38. The van der Waals surface area contributed by atoms with Gasteiger partial charge in [0, 0.05) is 45.0 Å². The normalized spacial score (nSPS) is 18.2. The summed E-state index contributed by atoms with van der Waals surface area (Å²) in [6, 6.07) is 14.2. The van der Waals surface area contributed by atoms with E-state index >= 15 is 0 Å². The van der Waals surface area contributed by atoms with Crippen molar-refractivity contribution in [3.05, 3.63) is 53.6 Å². The van der Waals surface area contributed by atoms with Crippen LogP contribution < -0.4 is 14.4 Å². The Bertz CT molecular complexity index is 893. The van der Waals surface area contributed by atoms with Crippen LogP contribution >= 0.6 is 0 Å². The quantitative estimate of drug-likeness (QED) is 0.734. The Hall–Kier alpha value is -2.57. The molecule has 0 N–H and O–H groups in total. The molecule has 0 spiro atoms. The summed E-state index contributed by atoms with van der Waals surface area (Å²) in [5.74, 6) is 1.73. The topological polar surface area (TPSA) is 45.2 Å². The number of amides is 1. The van der Waals surface area contributed by atoms with Gasteiger partial charge in [0.15, 0.2) is 11.5 Å². The Kier molecular flexibility index (Phi) is 6.25. The van der Waals surface area contributed by atoms with Crippen LogP contribution in [0.2, 0.25) is 0 Å². The molecule has 0 radical (unpaired) electrons. The molecule has 2 aromatic rings. The lowest BCUT2D eigenvalue weighted by molar-refractivity contribution is -0.123. The van der Waals surface area contributed by atoms with E-state index in [1.807, 2.05) is 36.1 Å². The van der Waals surface area contributed by atoms with Crippen molar-refractivity contribution in [3.8, 4) is 11.5 Å². The molecule has 2 heterocycles. The highest BCUT2D eigenvalue weighted by molar-refractivity contribution is 5.98. The molecule has 6 heteroatoms. The lowest BCUT2D eigenvalue weighted by atomic mass is 10.1. The summed E-state index contributed by atoms with van der Waals surface area (Å²) in [4.78, 5) is 19.9. The van der Waals surface area contributed by atoms with Gasteiger partial charge in [0.05, 0.1) is 20.3 Å². The number of anilines is 1. The third-order valence-corrected chi connectivity index (χ3v) is 6.32. The minimum Gasteiger partial charge on any atom is -0.493 e. The zero-order chi connectivity index (χ0) is 21.1. The number of carbonyl (C=O) groups is 1. The van der Waals surface area contributed by atoms with Crippen LogP contribution in [0, 0.1) is 0 Å². The summed E-state index contributed by atoms with van der Waals surface area (Å²) >= 11 is 0. The number of carbonyl (C=O) groups excluding carboxylic acids is 1. The maximum absolute atomic E-state index is 13.2. The molecule has 2 aliphatic heterocycles. The Morgan fingerprint density at radius 3 is 2.43 bits per heavy atom. The van der Waals surface area contributed by atoms with E-state index in [1.54, 1.807) is 14.2 Å². The number of piperazine rings is 1. The minimum atomic E-state index is -0.0978. The Labute approximate surface area is 179 Å². The number of hydrogen-bond donors (Lipinski definition) is 0. The molecule has 6 nitrogen and oxygen atoms in total. The van der Waals surface area contributed by atoms with Gasteiger partial charge in [0.2, 0.25) is 5.91 Å². The van der Waals surface area contributed by atoms with E-state index in [0.717, 1.165) is 62.9 Å². The zero-order valence-electron chi connectivity index (χ0n) is 18.1. The summed E-state index contributed by atoms with van der Waals surface area (Å²) in [6.07, 6.45) is 0.952. The second-order valence-corrected chi connectivity index (χ2v) is 8.05. The fourth-order valence-electron chi connectivity index (χ4n) is 4.49. The molecule has 2 aromatic carbocycles. The van der Waals surface area contributed by atoms with Crippen molar-refractivity contribution in [2.75, 3.05) is 51.8 Å². The van der Waals surface area contributed by atoms with Gasteiger partial charge >= 0.3 is 0 Å². The molecule has 30 heavy (non-hydrogen) atoms. The van der Waals surface area contributed by atoms with Gasteiger partial charge in [-0.2, -0.15) is 0 Å². The summed E-state index contributed by atoms with van der Waals surface area (Å²) in [5.41, 5.74) is 3.57. The number of para-hydroxylation sites is 1. The highest BCUT2D eigenvalue weighted by atomic mass is 16.5. The standard InChI is InChI=1S/C24H31N3O3/c1-18(24(28)27-11-10-20-6-4-5-7-21(20)27)26-14-12-25(13-15-26)17-19-8-9-22(29-2)23(16-19)30-3/h4-9,16,18H,10-15,17H2,1-3H3/t18-/m1/s1. The average molecular weight is 410 g/mol. The van der Waals surface area contributed by atoms with E-state index in [4.69, 9.17) is 9.47 Å². The smallest absolute Gasteiger partial charge is 0.244 e. The van der Waals surface area contributed by atoms with Crippen LogP contribution in [0.4, 0.5) is 5.69 Å². The van der Waals surface area contributed by atoms with Crippen LogP contribution in [0.25, 0.3) is 0 Å². The van der Waals surface area contributed by atoms with Crippen molar-refractivity contribution in [1.82, 2.24) is 9.80 Å². The van der Waals surface area contributed by atoms with E-state index in [0.29, 0.717) is 0 Å². The predicted octanol–water partition coefficient (Wildman–Crippen LogP) is 2.80. The maximum Gasteiger partial charge on any atom is 0.244 e. The van der Waals surface area contributed by atoms with Gasteiger partial charge in [0.25, 0.3) is 0 Å². The first-order valence-corrected chi connectivity index (χ1v) is 10.7. The van der Waals surface area contributed by atoms with Crippen LogP contribution in [-0.4, -0.2) is 68.7 Å². The number of fused-ring (bicyclic) bond motifs is 1. The summed E-state index contributed by atoms with van der Waals surface area (Å²) < 4.78 is 10.7. The molecule has 2 aliphatic rings. The van der Waals surface area contributed by atoms with E-state index in [1.165, 1.54) is 11.1 Å². The number of rotatable bonds is 6. The highest BCUT2D eigenvalue weighted by Gasteiger charge is 2.32. The third kappa shape index (κ3) is 4.16. The number of benzene rings is 2. The molecule has 0 aromatic heterocycles. The minimum absolute atomic E-state index is 0.0978. The number of methoxy groups -OCH3 is 2. The van der Waals surface area contributed by atoms with Gasteiger partial charge in [-0.1, -0.05) is 24.3 Å². The molecule has 1 fully saturated rings. The maximum atomic E-state index is 13.2. The molecular formula is C24H31N3O3. The van der Waals surface area contributed by atoms with Crippen molar-refractivity contribution in [2.24, 2.45) is 0 Å². The Balaban J connectivity index is 1.33. The van der Waals surface area contributed by atoms with Gasteiger partial charge in [-0.3, -0.25) is 14.6 Å². The molecule has 4 rings (SSSR count). The summed E-state index contributed by atoms with van der Waals surface area (Å²) in [5, 5.41) is 0. The van der Waals surface area contributed by atoms with Crippen molar-refractivity contribution in [1.29, 1.82) is 0 Å².